The maximum atomic E-state index is 13.9. The standard InChI is InChI=1S/C22H22FN7/c23-17-9-24-10-19(17)28-21-3-1-2-18(27-21)20-11-25-22-7-4-14(12-29(20)22)15-8-26-30(13-15)16-5-6-16/h1-4,7-8,11-13,16-17,19,24H,5-6,9-10H2,(H,27,28). The van der Waals surface area contributed by atoms with Gasteiger partial charge in [-0.05, 0) is 37.1 Å². The number of alkyl halides is 1. The van der Waals surface area contributed by atoms with Crippen molar-refractivity contribution in [2.75, 3.05) is 18.4 Å². The van der Waals surface area contributed by atoms with Crippen molar-refractivity contribution >= 4 is 11.5 Å². The quantitative estimate of drug-likeness (QED) is 0.535. The Balaban J connectivity index is 1.34. The van der Waals surface area contributed by atoms with Crippen LogP contribution in [0.15, 0.2) is 55.1 Å². The minimum absolute atomic E-state index is 0.260. The highest BCUT2D eigenvalue weighted by atomic mass is 19.1. The molecule has 6 rings (SSSR count). The molecule has 4 aromatic heterocycles. The zero-order valence-corrected chi connectivity index (χ0v) is 16.4. The van der Waals surface area contributed by atoms with Crippen molar-refractivity contribution in [1.82, 2.24) is 29.5 Å². The van der Waals surface area contributed by atoms with E-state index in [2.05, 4.69) is 43.9 Å². The number of pyridine rings is 2. The van der Waals surface area contributed by atoms with Crippen LogP contribution in [0.5, 0.6) is 0 Å². The Bertz CT molecular complexity index is 1210. The molecule has 7 nitrogen and oxygen atoms in total. The van der Waals surface area contributed by atoms with Gasteiger partial charge in [0.05, 0.1) is 35.9 Å². The van der Waals surface area contributed by atoms with Crippen LogP contribution in [0.3, 0.4) is 0 Å². The fourth-order valence-electron chi connectivity index (χ4n) is 4.00. The van der Waals surface area contributed by atoms with E-state index in [1.165, 1.54) is 12.8 Å². The van der Waals surface area contributed by atoms with E-state index in [0.29, 0.717) is 24.9 Å². The van der Waals surface area contributed by atoms with Crippen molar-refractivity contribution in [3.63, 3.8) is 0 Å². The number of nitrogens with one attached hydrogen (secondary N) is 2. The number of imidazole rings is 1. The second-order valence-corrected chi connectivity index (χ2v) is 8.06. The van der Waals surface area contributed by atoms with Crippen molar-refractivity contribution in [2.24, 2.45) is 0 Å². The molecular weight excluding hydrogens is 381 g/mol. The third kappa shape index (κ3) is 3.13. The van der Waals surface area contributed by atoms with E-state index < -0.39 is 6.17 Å². The largest absolute Gasteiger partial charge is 0.363 e. The van der Waals surface area contributed by atoms with Crippen LogP contribution in [0.4, 0.5) is 10.2 Å². The lowest BCUT2D eigenvalue weighted by molar-refractivity contribution is 0.342. The fourth-order valence-corrected chi connectivity index (χ4v) is 4.00. The van der Waals surface area contributed by atoms with E-state index >= 15 is 0 Å². The summed E-state index contributed by atoms with van der Waals surface area (Å²) in [6, 6.07) is 10.1. The molecule has 5 heterocycles. The van der Waals surface area contributed by atoms with Gasteiger partial charge in [-0.1, -0.05) is 6.07 Å². The van der Waals surface area contributed by atoms with Crippen molar-refractivity contribution in [3.8, 4) is 22.5 Å². The first kappa shape index (κ1) is 17.6. The third-order valence-corrected chi connectivity index (χ3v) is 5.85. The molecule has 1 saturated carbocycles. The lowest BCUT2D eigenvalue weighted by Gasteiger charge is -2.15. The first-order valence-electron chi connectivity index (χ1n) is 10.3. The molecule has 1 aliphatic heterocycles. The van der Waals surface area contributed by atoms with Gasteiger partial charge in [-0.25, -0.2) is 14.4 Å². The zero-order chi connectivity index (χ0) is 20.1. The second-order valence-electron chi connectivity index (χ2n) is 8.06. The molecule has 2 fully saturated rings. The van der Waals surface area contributed by atoms with Gasteiger partial charge in [0.2, 0.25) is 0 Å². The predicted molar refractivity (Wildman–Crippen MR) is 113 cm³/mol. The monoisotopic (exact) mass is 403 g/mol. The maximum absolute atomic E-state index is 13.9. The maximum Gasteiger partial charge on any atom is 0.137 e. The molecule has 0 spiro atoms. The van der Waals surface area contributed by atoms with Crippen molar-refractivity contribution in [2.45, 2.75) is 31.1 Å². The topological polar surface area (TPSA) is 72.1 Å². The fraction of sp³-hybridized carbons (Fsp3) is 0.318. The molecule has 2 unspecified atom stereocenters. The number of fused-ring (bicyclic) bond motifs is 1. The number of halogens is 1. The van der Waals surface area contributed by atoms with Crippen LogP contribution < -0.4 is 10.6 Å². The number of rotatable bonds is 5. The summed E-state index contributed by atoms with van der Waals surface area (Å²) in [5.74, 6) is 0.667. The van der Waals surface area contributed by atoms with E-state index in [-0.39, 0.29) is 6.04 Å². The number of nitrogens with zero attached hydrogens (tertiary/aromatic N) is 5. The summed E-state index contributed by atoms with van der Waals surface area (Å²) in [6.07, 6.45) is 9.44. The molecule has 1 saturated heterocycles. The summed E-state index contributed by atoms with van der Waals surface area (Å²) in [4.78, 5) is 9.25. The molecule has 2 atom stereocenters. The lowest BCUT2D eigenvalue weighted by Crippen LogP contribution is -2.29. The number of hydrogen-bond acceptors (Lipinski definition) is 5. The Hall–Kier alpha value is -3.26. The highest BCUT2D eigenvalue weighted by molar-refractivity contribution is 5.67. The Morgan fingerprint density at radius 1 is 1.03 bits per heavy atom. The van der Waals surface area contributed by atoms with E-state index in [1.54, 1.807) is 0 Å². The minimum atomic E-state index is -0.912. The number of hydrogen-bond donors (Lipinski definition) is 2. The van der Waals surface area contributed by atoms with E-state index in [1.807, 2.05) is 41.1 Å². The van der Waals surface area contributed by atoms with Crippen LogP contribution in [0, 0.1) is 0 Å². The zero-order valence-electron chi connectivity index (χ0n) is 16.4. The summed E-state index contributed by atoms with van der Waals surface area (Å²) >= 11 is 0. The van der Waals surface area contributed by atoms with Crippen molar-refractivity contribution in [1.29, 1.82) is 0 Å². The van der Waals surface area contributed by atoms with Crippen molar-refractivity contribution < 1.29 is 4.39 Å². The highest BCUT2D eigenvalue weighted by Gasteiger charge is 2.27. The molecule has 2 aliphatic rings. The molecule has 0 radical (unpaired) electrons. The van der Waals surface area contributed by atoms with Gasteiger partial charge in [0.25, 0.3) is 0 Å². The Labute approximate surface area is 173 Å². The van der Waals surface area contributed by atoms with Gasteiger partial charge in [-0.2, -0.15) is 5.10 Å². The molecule has 152 valence electrons. The summed E-state index contributed by atoms with van der Waals surface area (Å²) in [5, 5.41) is 10.8. The Morgan fingerprint density at radius 3 is 2.80 bits per heavy atom. The average molecular weight is 403 g/mol. The van der Waals surface area contributed by atoms with Crippen LogP contribution in [-0.4, -0.2) is 49.5 Å². The van der Waals surface area contributed by atoms with Crippen molar-refractivity contribution in [3.05, 3.63) is 55.1 Å². The van der Waals surface area contributed by atoms with E-state index in [0.717, 1.165) is 28.2 Å². The summed E-state index contributed by atoms with van der Waals surface area (Å²) in [6.45, 7) is 0.977. The second kappa shape index (κ2) is 6.91. The van der Waals surface area contributed by atoms with Crippen LogP contribution in [0.1, 0.15) is 18.9 Å². The Morgan fingerprint density at radius 2 is 1.97 bits per heavy atom. The van der Waals surface area contributed by atoms with Gasteiger partial charge < -0.3 is 10.6 Å². The number of anilines is 1. The van der Waals surface area contributed by atoms with Crippen LogP contribution in [0.2, 0.25) is 0 Å². The van der Waals surface area contributed by atoms with E-state index in [4.69, 9.17) is 4.98 Å². The smallest absolute Gasteiger partial charge is 0.137 e. The molecular formula is C22H22FN7. The van der Waals surface area contributed by atoms with Gasteiger partial charge in [0.15, 0.2) is 0 Å². The predicted octanol–water partition coefficient (Wildman–Crippen LogP) is 3.32. The van der Waals surface area contributed by atoms with Gasteiger partial charge in [-0.3, -0.25) is 9.08 Å². The lowest BCUT2D eigenvalue weighted by atomic mass is 10.1. The van der Waals surface area contributed by atoms with Crippen LogP contribution >= 0.6 is 0 Å². The normalized spacial score (nSPS) is 21.4. The molecule has 4 aromatic rings. The summed E-state index contributed by atoms with van der Waals surface area (Å²) in [5.41, 5.74) is 4.72. The molecule has 1 aliphatic carbocycles. The SMILES string of the molecule is FC1CNCC1Nc1cccc(-c2cnc3ccc(-c4cnn(C5CC5)c4)cn23)n1. The first-order chi connectivity index (χ1) is 14.7. The van der Waals surface area contributed by atoms with Crippen LogP contribution in [-0.2, 0) is 0 Å². The van der Waals surface area contributed by atoms with Crippen LogP contribution in [0.25, 0.3) is 28.2 Å². The van der Waals surface area contributed by atoms with Gasteiger partial charge in [0, 0.05) is 36.6 Å². The molecule has 0 amide bonds. The van der Waals surface area contributed by atoms with Gasteiger partial charge in [-0.15, -0.1) is 0 Å². The molecule has 0 aromatic carbocycles. The summed E-state index contributed by atoms with van der Waals surface area (Å²) in [7, 11) is 0. The van der Waals surface area contributed by atoms with E-state index in [9.17, 15) is 4.39 Å². The molecule has 0 bridgehead atoms. The third-order valence-electron chi connectivity index (χ3n) is 5.85. The summed E-state index contributed by atoms with van der Waals surface area (Å²) < 4.78 is 18.0. The molecule has 2 N–H and O–H groups in total. The first-order valence-corrected chi connectivity index (χ1v) is 10.3. The average Bonchev–Trinajstić information content (AvgIpc) is 3.16. The molecule has 30 heavy (non-hydrogen) atoms. The highest BCUT2D eigenvalue weighted by Crippen LogP contribution is 2.35. The van der Waals surface area contributed by atoms with Gasteiger partial charge >= 0.3 is 0 Å². The molecule has 8 heteroatoms. The van der Waals surface area contributed by atoms with Gasteiger partial charge in [0.1, 0.15) is 17.6 Å². The minimum Gasteiger partial charge on any atom is -0.363 e. The Kier molecular flexibility index (Phi) is 4.05. The number of aromatic nitrogens is 5.